The Hall–Kier alpha value is -2.21. The van der Waals surface area contributed by atoms with Gasteiger partial charge in [-0.25, -0.2) is 4.98 Å². The number of carbonyl (C=O) groups is 2. The highest BCUT2D eigenvalue weighted by Gasteiger charge is 2.36. The molecule has 28 heavy (non-hydrogen) atoms. The second-order valence-electron chi connectivity index (χ2n) is 7.55. The molecule has 2 atom stereocenters. The third-order valence-electron chi connectivity index (χ3n) is 5.49. The van der Waals surface area contributed by atoms with Gasteiger partial charge in [0.1, 0.15) is 0 Å². The molecule has 0 saturated heterocycles. The molecule has 0 aliphatic heterocycles. The second-order valence-corrected chi connectivity index (χ2v) is 8.75. The summed E-state index contributed by atoms with van der Waals surface area (Å²) < 4.78 is 0. The molecule has 1 fully saturated rings. The molecule has 1 aromatic heterocycles. The van der Waals surface area contributed by atoms with Crippen LogP contribution in [0.4, 0.5) is 5.13 Å². The zero-order valence-corrected chi connectivity index (χ0v) is 17.3. The molecule has 1 aliphatic carbocycles. The normalized spacial score (nSPS) is 19.4. The van der Waals surface area contributed by atoms with E-state index in [1.165, 1.54) is 29.7 Å². The fourth-order valence-electron chi connectivity index (χ4n) is 3.87. The van der Waals surface area contributed by atoms with Gasteiger partial charge in [0.15, 0.2) is 5.13 Å². The van der Waals surface area contributed by atoms with Crippen LogP contribution in [0.1, 0.15) is 55.9 Å². The highest BCUT2D eigenvalue weighted by atomic mass is 32.1. The Bertz CT molecular complexity index is 829. The first kappa shape index (κ1) is 20.5. The maximum absolute atomic E-state index is 12.7. The van der Waals surface area contributed by atoms with Crippen LogP contribution in [-0.2, 0) is 16.0 Å². The van der Waals surface area contributed by atoms with E-state index >= 15 is 0 Å². The summed E-state index contributed by atoms with van der Waals surface area (Å²) in [5, 5.41) is 12.8. The molecular formula is C22H28N2O3S. The van der Waals surface area contributed by atoms with Crippen molar-refractivity contribution in [1.29, 1.82) is 0 Å². The molecule has 0 bridgehead atoms. The molecule has 0 radical (unpaired) electrons. The van der Waals surface area contributed by atoms with E-state index in [0.717, 1.165) is 35.4 Å². The first-order valence-electron chi connectivity index (χ1n) is 10.1. The van der Waals surface area contributed by atoms with E-state index in [0.29, 0.717) is 18.0 Å². The number of carboxylic acid groups (broad SMARTS) is 1. The lowest BCUT2D eigenvalue weighted by molar-refractivity contribution is -0.147. The molecule has 6 heteroatoms. The highest BCUT2D eigenvalue weighted by Crippen LogP contribution is 2.34. The minimum atomic E-state index is -0.876. The molecule has 1 amide bonds. The first-order chi connectivity index (χ1) is 13.5. The van der Waals surface area contributed by atoms with Gasteiger partial charge in [-0.15, -0.1) is 11.3 Å². The molecule has 0 spiro atoms. The summed E-state index contributed by atoms with van der Waals surface area (Å²) >= 11 is 1.44. The van der Waals surface area contributed by atoms with E-state index in [9.17, 15) is 14.7 Å². The zero-order valence-electron chi connectivity index (χ0n) is 16.5. The summed E-state index contributed by atoms with van der Waals surface area (Å²) in [6.45, 7) is 4.18. The van der Waals surface area contributed by atoms with Crippen LogP contribution in [0.25, 0.3) is 11.3 Å². The molecule has 1 heterocycles. The highest BCUT2D eigenvalue weighted by molar-refractivity contribution is 7.16. The molecule has 2 N–H and O–H groups in total. The van der Waals surface area contributed by atoms with Crippen molar-refractivity contribution in [3.05, 3.63) is 34.7 Å². The Morgan fingerprint density at radius 3 is 2.50 bits per heavy atom. The number of benzene rings is 1. The number of nitrogens with one attached hydrogen (secondary N) is 1. The van der Waals surface area contributed by atoms with Gasteiger partial charge in [0.2, 0.25) is 5.91 Å². The Morgan fingerprint density at radius 2 is 1.86 bits per heavy atom. The fraction of sp³-hybridized carbons (Fsp3) is 0.500. The van der Waals surface area contributed by atoms with Gasteiger partial charge in [-0.2, -0.15) is 0 Å². The predicted molar refractivity (Wildman–Crippen MR) is 113 cm³/mol. The summed E-state index contributed by atoms with van der Waals surface area (Å²) in [5.74, 6) is -2.16. The third-order valence-corrected chi connectivity index (χ3v) is 6.38. The molecule has 0 unspecified atom stereocenters. The number of hydrogen-bond acceptors (Lipinski definition) is 4. The summed E-state index contributed by atoms with van der Waals surface area (Å²) in [7, 11) is 0. The molecular weight excluding hydrogens is 372 g/mol. The van der Waals surface area contributed by atoms with Crippen LogP contribution in [0.3, 0.4) is 0 Å². The lowest BCUT2D eigenvalue weighted by Crippen LogP contribution is -2.36. The molecule has 5 nitrogen and oxygen atoms in total. The maximum Gasteiger partial charge on any atom is 0.307 e. The molecule has 3 rings (SSSR count). The van der Waals surface area contributed by atoms with Crippen LogP contribution >= 0.6 is 11.3 Å². The van der Waals surface area contributed by atoms with Gasteiger partial charge in [0.25, 0.3) is 0 Å². The van der Waals surface area contributed by atoms with Crippen molar-refractivity contribution < 1.29 is 14.7 Å². The summed E-state index contributed by atoms with van der Waals surface area (Å²) in [5.41, 5.74) is 3.24. The number of hydrogen-bond donors (Lipinski definition) is 2. The smallest absolute Gasteiger partial charge is 0.307 e. The van der Waals surface area contributed by atoms with Crippen LogP contribution in [0.15, 0.2) is 24.3 Å². The largest absolute Gasteiger partial charge is 0.481 e. The molecule has 1 aromatic carbocycles. The Kier molecular flexibility index (Phi) is 6.83. The predicted octanol–water partition coefficient (Wildman–Crippen LogP) is 5.29. The third kappa shape index (κ3) is 4.79. The summed E-state index contributed by atoms with van der Waals surface area (Å²) in [6.07, 6.45) is 6.41. The number of aromatic nitrogens is 1. The first-order valence-corrected chi connectivity index (χ1v) is 10.9. The van der Waals surface area contributed by atoms with Crippen molar-refractivity contribution >= 4 is 28.3 Å². The van der Waals surface area contributed by atoms with Crippen molar-refractivity contribution in [2.75, 3.05) is 5.32 Å². The Balaban J connectivity index is 1.71. The molecule has 150 valence electrons. The van der Waals surface area contributed by atoms with E-state index < -0.39 is 17.8 Å². The van der Waals surface area contributed by atoms with E-state index in [2.05, 4.69) is 41.5 Å². The number of carbonyl (C=O) groups excluding carboxylic acids is 1. The number of amides is 1. The second kappa shape index (κ2) is 9.32. The number of carboxylic acids is 1. The number of rotatable bonds is 7. The van der Waals surface area contributed by atoms with E-state index in [-0.39, 0.29) is 5.91 Å². The van der Waals surface area contributed by atoms with Crippen molar-refractivity contribution in [1.82, 2.24) is 4.98 Å². The van der Waals surface area contributed by atoms with Crippen molar-refractivity contribution in [2.45, 2.75) is 58.8 Å². The summed E-state index contributed by atoms with van der Waals surface area (Å²) in [6, 6.07) is 8.45. The number of anilines is 1. The van der Waals surface area contributed by atoms with Crippen LogP contribution in [-0.4, -0.2) is 22.0 Å². The maximum atomic E-state index is 12.7. The quantitative estimate of drug-likeness (QED) is 0.662. The minimum absolute atomic E-state index is 0.220. The number of nitrogens with zero attached hydrogens (tertiary/aromatic N) is 1. The van der Waals surface area contributed by atoms with Crippen LogP contribution in [0.5, 0.6) is 0 Å². The number of aliphatic carboxylic acids is 1. The van der Waals surface area contributed by atoms with Gasteiger partial charge in [0, 0.05) is 10.4 Å². The number of aryl methyl sites for hydroxylation is 2. The SMILES string of the molecule is CCCCc1ccc(-c2nc(NC(=O)[C@H]3CCCC[C@@H]3C(=O)O)sc2C)cc1. The topological polar surface area (TPSA) is 79.3 Å². The summed E-state index contributed by atoms with van der Waals surface area (Å²) in [4.78, 5) is 29.8. The number of thiazole rings is 1. The van der Waals surface area contributed by atoms with E-state index in [1.807, 2.05) is 6.92 Å². The lowest BCUT2D eigenvalue weighted by atomic mass is 9.79. The van der Waals surface area contributed by atoms with Gasteiger partial charge in [-0.05, 0) is 38.2 Å². The van der Waals surface area contributed by atoms with Crippen molar-refractivity contribution in [3.63, 3.8) is 0 Å². The lowest BCUT2D eigenvalue weighted by Gasteiger charge is -2.26. The molecule has 1 saturated carbocycles. The van der Waals surface area contributed by atoms with E-state index in [4.69, 9.17) is 0 Å². The molecule has 2 aromatic rings. The monoisotopic (exact) mass is 400 g/mol. The van der Waals surface area contributed by atoms with Crippen molar-refractivity contribution in [2.24, 2.45) is 11.8 Å². The molecule has 1 aliphatic rings. The van der Waals surface area contributed by atoms with Crippen LogP contribution < -0.4 is 5.32 Å². The van der Waals surface area contributed by atoms with Crippen LogP contribution in [0.2, 0.25) is 0 Å². The number of unbranched alkanes of at least 4 members (excludes halogenated alkanes) is 1. The fourth-order valence-corrected chi connectivity index (χ4v) is 4.71. The van der Waals surface area contributed by atoms with E-state index in [1.54, 1.807) is 0 Å². The standard InChI is InChI=1S/C22H28N2O3S/c1-3-4-7-15-10-12-16(13-11-15)19-14(2)28-22(23-19)24-20(25)17-8-5-6-9-18(17)21(26)27/h10-13,17-18H,3-9H2,1-2H3,(H,26,27)(H,23,24,25)/t17-,18-/m0/s1. The van der Waals surface area contributed by atoms with Gasteiger partial charge < -0.3 is 10.4 Å². The van der Waals surface area contributed by atoms with Gasteiger partial charge in [-0.3, -0.25) is 9.59 Å². The van der Waals surface area contributed by atoms with Gasteiger partial charge >= 0.3 is 5.97 Å². The van der Waals surface area contributed by atoms with Crippen molar-refractivity contribution in [3.8, 4) is 11.3 Å². The Labute approximate surface area is 170 Å². The average molecular weight is 401 g/mol. The Morgan fingerprint density at radius 1 is 1.18 bits per heavy atom. The zero-order chi connectivity index (χ0) is 20.1. The van der Waals surface area contributed by atoms with Gasteiger partial charge in [-0.1, -0.05) is 50.5 Å². The minimum Gasteiger partial charge on any atom is -0.481 e. The van der Waals surface area contributed by atoms with Gasteiger partial charge in [0.05, 0.1) is 17.5 Å². The van der Waals surface area contributed by atoms with Crippen LogP contribution in [0, 0.1) is 18.8 Å². The average Bonchev–Trinajstić information content (AvgIpc) is 3.06.